The number of benzene rings is 2. The first-order chi connectivity index (χ1) is 15.1. The first kappa shape index (κ1) is 18.2. The van der Waals surface area contributed by atoms with Crippen LogP contribution in [-0.4, -0.2) is 25.6 Å². The van der Waals surface area contributed by atoms with Crippen molar-refractivity contribution in [3.05, 3.63) is 83.1 Å². The summed E-state index contributed by atoms with van der Waals surface area (Å²) in [6.45, 7) is 0.701. The van der Waals surface area contributed by atoms with E-state index >= 15 is 4.39 Å². The Morgan fingerprint density at radius 3 is 2.81 bits per heavy atom. The minimum atomic E-state index is -0.248. The van der Waals surface area contributed by atoms with E-state index in [1.54, 1.807) is 34.0 Å². The van der Waals surface area contributed by atoms with Crippen molar-refractivity contribution in [1.29, 1.82) is 0 Å². The third-order valence-corrected chi connectivity index (χ3v) is 6.30. The van der Waals surface area contributed by atoms with Crippen LogP contribution < -0.4 is 0 Å². The van der Waals surface area contributed by atoms with Gasteiger partial charge in [-0.25, -0.2) is 4.39 Å². The highest BCUT2D eigenvalue weighted by atomic mass is 19.1. The number of amides is 1. The van der Waals surface area contributed by atoms with E-state index in [2.05, 4.69) is 22.2 Å². The van der Waals surface area contributed by atoms with Gasteiger partial charge in [0.2, 0.25) is 0 Å². The Balaban J connectivity index is 1.37. The summed E-state index contributed by atoms with van der Waals surface area (Å²) in [5, 5.41) is 5.45. The van der Waals surface area contributed by atoms with Gasteiger partial charge in [0, 0.05) is 36.9 Å². The highest BCUT2D eigenvalue weighted by molar-refractivity contribution is 5.97. The van der Waals surface area contributed by atoms with Crippen molar-refractivity contribution in [2.24, 2.45) is 7.05 Å². The van der Waals surface area contributed by atoms with Crippen LogP contribution in [-0.2, 0) is 20.1 Å². The topological polar surface area (TPSA) is 51.0 Å². The highest BCUT2D eigenvalue weighted by Gasteiger charge is 2.33. The van der Waals surface area contributed by atoms with E-state index in [9.17, 15) is 4.79 Å². The smallest absolute Gasteiger partial charge is 0.256 e. The number of carbonyl (C=O) groups excluding carboxylic acids is 1. The van der Waals surface area contributed by atoms with Crippen LogP contribution in [0.15, 0.2) is 54.9 Å². The van der Waals surface area contributed by atoms with Crippen LogP contribution in [0, 0.1) is 5.82 Å². The predicted molar refractivity (Wildman–Crippen MR) is 116 cm³/mol. The van der Waals surface area contributed by atoms with Gasteiger partial charge >= 0.3 is 0 Å². The molecule has 0 atom stereocenters. The summed E-state index contributed by atoms with van der Waals surface area (Å²) in [6, 6.07) is 13.3. The van der Waals surface area contributed by atoms with E-state index in [4.69, 9.17) is 0 Å². The molecule has 1 amide bonds. The van der Waals surface area contributed by atoms with Crippen molar-refractivity contribution >= 4 is 16.8 Å². The molecule has 3 heterocycles. The van der Waals surface area contributed by atoms with E-state index in [1.807, 2.05) is 25.4 Å². The molecule has 5 nitrogen and oxygen atoms in total. The van der Waals surface area contributed by atoms with Crippen molar-refractivity contribution < 1.29 is 9.18 Å². The van der Waals surface area contributed by atoms with Gasteiger partial charge in [-0.2, -0.15) is 5.10 Å². The van der Waals surface area contributed by atoms with Crippen LogP contribution >= 0.6 is 0 Å². The van der Waals surface area contributed by atoms with Crippen molar-refractivity contribution in [1.82, 2.24) is 19.7 Å². The maximum atomic E-state index is 15.4. The molecular formula is C25H21FN4O. The lowest BCUT2D eigenvalue weighted by Gasteiger charge is -2.20. The molecule has 0 bridgehead atoms. The summed E-state index contributed by atoms with van der Waals surface area (Å²) < 4.78 is 17.2. The van der Waals surface area contributed by atoms with Crippen molar-refractivity contribution in [2.75, 3.05) is 0 Å². The maximum Gasteiger partial charge on any atom is 0.256 e. The second kappa shape index (κ2) is 6.74. The fourth-order valence-corrected chi connectivity index (χ4v) is 4.58. The molecule has 0 unspecified atom stereocenters. The van der Waals surface area contributed by atoms with E-state index in [-0.39, 0.29) is 18.3 Å². The number of aryl methyl sites for hydroxylation is 1. The lowest BCUT2D eigenvalue weighted by atomic mass is 9.95. The maximum absolute atomic E-state index is 15.4. The minimum Gasteiger partial charge on any atom is -0.328 e. The third-order valence-electron chi connectivity index (χ3n) is 6.30. The monoisotopic (exact) mass is 412 g/mol. The van der Waals surface area contributed by atoms with Crippen LogP contribution in [0.2, 0.25) is 0 Å². The largest absolute Gasteiger partial charge is 0.328 e. The van der Waals surface area contributed by atoms with Gasteiger partial charge < -0.3 is 4.90 Å². The predicted octanol–water partition coefficient (Wildman–Crippen LogP) is 4.81. The van der Waals surface area contributed by atoms with Gasteiger partial charge in [0.25, 0.3) is 5.91 Å². The number of nitrogens with zero attached hydrogens (tertiary/aromatic N) is 4. The Bertz CT molecular complexity index is 1360. The number of aromatic nitrogens is 3. The molecule has 1 aliphatic heterocycles. The molecule has 1 aliphatic carbocycles. The normalized spacial score (nSPS) is 15.7. The molecule has 6 rings (SSSR count). The summed E-state index contributed by atoms with van der Waals surface area (Å²) in [6.07, 6.45) is 5.79. The molecule has 31 heavy (non-hydrogen) atoms. The number of rotatable bonds is 4. The van der Waals surface area contributed by atoms with Crippen molar-refractivity contribution in [2.45, 2.75) is 31.8 Å². The summed E-state index contributed by atoms with van der Waals surface area (Å²) in [7, 11) is 1.90. The average molecular weight is 412 g/mol. The molecule has 1 fully saturated rings. The first-order valence-electron chi connectivity index (χ1n) is 10.6. The quantitative estimate of drug-likeness (QED) is 0.483. The summed E-state index contributed by atoms with van der Waals surface area (Å²) in [5.74, 6) is 0.0440. The zero-order chi connectivity index (χ0) is 21.1. The van der Waals surface area contributed by atoms with E-state index in [0.717, 1.165) is 46.1 Å². The van der Waals surface area contributed by atoms with Crippen LogP contribution in [0.3, 0.4) is 0 Å². The molecule has 2 aliphatic rings. The number of hydrogen-bond donors (Lipinski definition) is 0. The van der Waals surface area contributed by atoms with E-state index in [1.165, 1.54) is 0 Å². The minimum absolute atomic E-state index is 0.0737. The van der Waals surface area contributed by atoms with Crippen molar-refractivity contribution in [3.63, 3.8) is 0 Å². The zero-order valence-electron chi connectivity index (χ0n) is 17.2. The van der Waals surface area contributed by atoms with E-state index < -0.39 is 0 Å². The molecule has 4 aromatic rings. The van der Waals surface area contributed by atoms with Gasteiger partial charge in [0.1, 0.15) is 5.82 Å². The lowest BCUT2D eigenvalue weighted by Crippen LogP contribution is -2.24. The first-order valence-corrected chi connectivity index (χ1v) is 10.6. The average Bonchev–Trinajstić information content (AvgIpc) is 3.47. The van der Waals surface area contributed by atoms with Crippen LogP contribution in [0.1, 0.15) is 45.9 Å². The molecule has 2 aromatic carbocycles. The van der Waals surface area contributed by atoms with Crippen molar-refractivity contribution in [3.8, 4) is 11.1 Å². The molecule has 0 spiro atoms. The second-order valence-electron chi connectivity index (χ2n) is 8.54. The Kier molecular flexibility index (Phi) is 3.96. The number of hydrogen-bond acceptors (Lipinski definition) is 3. The SMILES string of the molecule is Cn1cc2cc(-c3cc(F)c(CN4Cc5ncccc5C4=O)c(C4CC4)c3)ccc2n1. The van der Waals surface area contributed by atoms with Gasteiger partial charge in [-0.05, 0) is 65.8 Å². The molecule has 154 valence electrons. The fraction of sp³-hybridized carbons (Fsp3) is 0.240. The van der Waals surface area contributed by atoms with Gasteiger partial charge in [-0.1, -0.05) is 12.1 Å². The number of carbonyl (C=O) groups is 1. The van der Waals surface area contributed by atoms with Gasteiger partial charge in [-0.3, -0.25) is 14.5 Å². The third kappa shape index (κ3) is 3.10. The fourth-order valence-electron chi connectivity index (χ4n) is 4.58. The Labute approximate surface area is 179 Å². The molecular weight excluding hydrogens is 391 g/mol. The molecule has 0 saturated heterocycles. The standard InChI is InChI=1S/C25H21FN4O/c1-29-12-18-9-16(6-7-23(18)28-29)17-10-20(15-4-5-15)21(22(26)11-17)13-30-14-24-19(25(30)31)3-2-8-27-24/h2-3,6-12,15H,4-5,13-14H2,1H3. The second-order valence-corrected chi connectivity index (χ2v) is 8.54. The highest BCUT2D eigenvalue weighted by Crippen LogP contribution is 2.44. The van der Waals surface area contributed by atoms with Crippen LogP contribution in [0.25, 0.3) is 22.0 Å². The molecule has 0 N–H and O–H groups in total. The molecule has 1 saturated carbocycles. The van der Waals surface area contributed by atoms with Crippen LogP contribution in [0.4, 0.5) is 4.39 Å². The Morgan fingerprint density at radius 1 is 1.13 bits per heavy atom. The Hall–Kier alpha value is -3.54. The number of pyridine rings is 1. The Morgan fingerprint density at radius 2 is 2.00 bits per heavy atom. The zero-order valence-corrected chi connectivity index (χ0v) is 17.2. The van der Waals surface area contributed by atoms with Gasteiger partial charge in [0.15, 0.2) is 0 Å². The molecule has 2 aromatic heterocycles. The lowest BCUT2D eigenvalue weighted by molar-refractivity contribution is 0.0764. The van der Waals surface area contributed by atoms with Gasteiger partial charge in [0.05, 0.1) is 23.3 Å². The molecule has 0 radical (unpaired) electrons. The summed E-state index contributed by atoms with van der Waals surface area (Å²) in [5.41, 5.74) is 5.81. The van der Waals surface area contributed by atoms with Gasteiger partial charge in [-0.15, -0.1) is 0 Å². The number of halogens is 1. The van der Waals surface area contributed by atoms with E-state index in [0.29, 0.717) is 23.6 Å². The summed E-state index contributed by atoms with van der Waals surface area (Å²) in [4.78, 5) is 18.8. The van der Waals surface area contributed by atoms with Crippen LogP contribution in [0.5, 0.6) is 0 Å². The number of fused-ring (bicyclic) bond motifs is 2. The molecule has 6 heteroatoms. The summed E-state index contributed by atoms with van der Waals surface area (Å²) >= 11 is 0.